The highest BCUT2D eigenvalue weighted by Crippen LogP contribution is 2.24. The summed E-state index contributed by atoms with van der Waals surface area (Å²) in [4.78, 5) is 11.7. The maximum Gasteiger partial charge on any atom is 0.164 e. The number of carbonyl (C=O) groups is 1. The minimum Gasteiger partial charge on any atom is -0.294 e. The van der Waals surface area contributed by atoms with E-state index in [-0.39, 0.29) is 11.2 Å². The molecule has 0 saturated carbocycles. The van der Waals surface area contributed by atoms with Gasteiger partial charge in [0.1, 0.15) is 0 Å². The lowest BCUT2D eigenvalue weighted by molar-refractivity contribution is -0.122. The van der Waals surface area contributed by atoms with E-state index in [0.717, 1.165) is 18.4 Å². The fraction of sp³-hybridized carbons (Fsp3) is 0.545. The van der Waals surface area contributed by atoms with E-state index in [1.165, 1.54) is 0 Å². The fourth-order valence-electron chi connectivity index (χ4n) is 1.27. The van der Waals surface area contributed by atoms with Crippen LogP contribution in [0.3, 0.4) is 0 Å². The smallest absolute Gasteiger partial charge is 0.164 e. The molecule has 0 N–H and O–H groups in total. The maximum atomic E-state index is 11.7. The van der Waals surface area contributed by atoms with Crippen LogP contribution in [0.25, 0.3) is 0 Å². The Morgan fingerprint density at radius 3 is 2.50 bits per heavy atom. The van der Waals surface area contributed by atoms with Crippen molar-refractivity contribution in [2.45, 2.75) is 33.6 Å². The van der Waals surface area contributed by atoms with Crippen LogP contribution < -0.4 is 0 Å². The third-order valence-electron chi connectivity index (χ3n) is 1.99. The number of Topliss-reactive ketones (excluding diaryl/α,β-unsaturated/α-hetero) is 1. The molecule has 1 aliphatic rings. The molecule has 0 heterocycles. The first-order valence-electron chi connectivity index (χ1n) is 4.42. The van der Waals surface area contributed by atoms with Gasteiger partial charge in [0.25, 0.3) is 0 Å². The van der Waals surface area contributed by atoms with Gasteiger partial charge in [0.2, 0.25) is 0 Å². The molecule has 0 radical (unpaired) electrons. The number of hydrogen-bond acceptors (Lipinski definition) is 1. The average molecular weight is 164 g/mol. The molecule has 66 valence electrons. The Bertz CT molecular complexity index is 238. The maximum absolute atomic E-state index is 11.7. The normalized spacial score (nSPS) is 17.4. The van der Waals surface area contributed by atoms with Crippen LogP contribution in [-0.4, -0.2) is 5.78 Å². The largest absolute Gasteiger partial charge is 0.294 e. The molecule has 12 heavy (non-hydrogen) atoms. The van der Waals surface area contributed by atoms with Crippen molar-refractivity contribution >= 4 is 5.78 Å². The first-order chi connectivity index (χ1) is 5.52. The standard InChI is InChI=1S/C11H16O/c1-11(2,3)10(12)9-7-5-4-6-8-9/h4-5,7H,6,8H2,1-3H3. The summed E-state index contributed by atoms with van der Waals surface area (Å²) in [5.74, 6) is 0.284. The molecule has 1 aliphatic carbocycles. The number of rotatable bonds is 1. The van der Waals surface area contributed by atoms with Crippen molar-refractivity contribution in [1.29, 1.82) is 0 Å². The molecule has 0 aromatic heterocycles. The van der Waals surface area contributed by atoms with Crippen LogP contribution in [-0.2, 0) is 4.79 Å². The van der Waals surface area contributed by atoms with Crippen molar-refractivity contribution in [3.63, 3.8) is 0 Å². The van der Waals surface area contributed by atoms with E-state index >= 15 is 0 Å². The van der Waals surface area contributed by atoms with Crippen LogP contribution in [0.15, 0.2) is 23.8 Å². The zero-order chi connectivity index (χ0) is 9.19. The fourth-order valence-corrected chi connectivity index (χ4v) is 1.27. The lowest BCUT2D eigenvalue weighted by atomic mass is 9.83. The summed E-state index contributed by atoms with van der Waals surface area (Å²) < 4.78 is 0. The zero-order valence-corrected chi connectivity index (χ0v) is 8.05. The molecule has 1 rings (SSSR count). The Morgan fingerprint density at radius 1 is 1.42 bits per heavy atom. The van der Waals surface area contributed by atoms with Crippen molar-refractivity contribution in [3.8, 4) is 0 Å². The highest BCUT2D eigenvalue weighted by molar-refractivity contribution is 5.99. The minimum atomic E-state index is -0.225. The molecule has 0 bridgehead atoms. The molecule has 0 amide bonds. The van der Waals surface area contributed by atoms with Crippen molar-refractivity contribution in [1.82, 2.24) is 0 Å². The summed E-state index contributed by atoms with van der Waals surface area (Å²) in [5.41, 5.74) is 0.752. The summed E-state index contributed by atoms with van der Waals surface area (Å²) in [5, 5.41) is 0. The molecule has 0 unspecified atom stereocenters. The zero-order valence-electron chi connectivity index (χ0n) is 8.05. The van der Waals surface area contributed by atoms with Gasteiger partial charge >= 0.3 is 0 Å². The van der Waals surface area contributed by atoms with Gasteiger partial charge in [0.05, 0.1) is 0 Å². The van der Waals surface area contributed by atoms with Crippen LogP contribution in [0.4, 0.5) is 0 Å². The molecule has 1 heteroatoms. The first kappa shape index (κ1) is 9.24. The second-order valence-electron chi connectivity index (χ2n) is 4.24. The molecule has 0 aromatic rings. The van der Waals surface area contributed by atoms with E-state index in [9.17, 15) is 4.79 Å². The van der Waals surface area contributed by atoms with Gasteiger partial charge in [-0.1, -0.05) is 39.0 Å². The van der Waals surface area contributed by atoms with Crippen molar-refractivity contribution in [3.05, 3.63) is 23.8 Å². The molecule has 0 aliphatic heterocycles. The van der Waals surface area contributed by atoms with Crippen LogP contribution in [0.5, 0.6) is 0 Å². The first-order valence-corrected chi connectivity index (χ1v) is 4.42. The van der Waals surface area contributed by atoms with E-state index < -0.39 is 0 Å². The Kier molecular flexibility index (Phi) is 2.51. The van der Waals surface area contributed by atoms with Gasteiger partial charge in [-0.3, -0.25) is 4.79 Å². The van der Waals surface area contributed by atoms with Gasteiger partial charge in [-0.2, -0.15) is 0 Å². The molecule has 0 saturated heterocycles. The predicted molar refractivity (Wildman–Crippen MR) is 50.9 cm³/mol. The number of allylic oxidation sites excluding steroid dienone is 4. The Labute approximate surface area is 74.2 Å². The lowest BCUT2D eigenvalue weighted by Gasteiger charge is -2.19. The van der Waals surface area contributed by atoms with E-state index in [4.69, 9.17) is 0 Å². The van der Waals surface area contributed by atoms with Gasteiger partial charge in [-0.05, 0) is 18.4 Å². The van der Waals surface area contributed by atoms with E-state index in [1.807, 2.05) is 32.9 Å². The van der Waals surface area contributed by atoms with Gasteiger partial charge in [0.15, 0.2) is 5.78 Å². The third-order valence-corrected chi connectivity index (χ3v) is 1.99. The topological polar surface area (TPSA) is 17.1 Å². The van der Waals surface area contributed by atoms with Crippen molar-refractivity contribution < 1.29 is 4.79 Å². The quantitative estimate of drug-likeness (QED) is 0.582. The molecule has 0 fully saturated rings. The minimum absolute atomic E-state index is 0.225. The summed E-state index contributed by atoms with van der Waals surface area (Å²) in [6, 6.07) is 0. The SMILES string of the molecule is CC(C)(C)C(=O)C1=CC=CCC1. The summed E-state index contributed by atoms with van der Waals surface area (Å²) >= 11 is 0. The summed E-state index contributed by atoms with van der Waals surface area (Å²) in [6.07, 6.45) is 7.93. The van der Waals surface area contributed by atoms with Crippen molar-refractivity contribution in [2.75, 3.05) is 0 Å². The summed E-state index contributed by atoms with van der Waals surface area (Å²) in [7, 11) is 0. The summed E-state index contributed by atoms with van der Waals surface area (Å²) in [6.45, 7) is 5.90. The Hall–Kier alpha value is -0.850. The molecule has 0 aromatic carbocycles. The molecular formula is C11H16O. The number of carbonyl (C=O) groups excluding carboxylic acids is 1. The number of hydrogen-bond donors (Lipinski definition) is 0. The average Bonchev–Trinajstić information content (AvgIpc) is 2.03. The van der Waals surface area contributed by atoms with Crippen LogP contribution in [0, 0.1) is 5.41 Å². The molecule has 1 nitrogen and oxygen atoms in total. The van der Waals surface area contributed by atoms with Crippen LogP contribution in [0.1, 0.15) is 33.6 Å². The second kappa shape index (κ2) is 3.26. The molecule has 0 atom stereocenters. The van der Waals surface area contributed by atoms with E-state index in [1.54, 1.807) is 0 Å². The van der Waals surface area contributed by atoms with E-state index in [2.05, 4.69) is 6.08 Å². The number of ketones is 1. The van der Waals surface area contributed by atoms with Crippen LogP contribution >= 0.6 is 0 Å². The van der Waals surface area contributed by atoms with Crippen molar-refractivity contribution in [2.24, 2.45) is 5.41 Å². The van der Waals surface area contributed by atoms with Gasteiger partial charge in [0, 0.05) is 5.41 Å². The van der Waals surface area contributed by atoms with Crippen LogP contribution in [0.2, 0.25) is 0 Å². The molecule has 0 spiro atoms. The Morgan fingerprint density at radius 2 is 2.08 bits per heavy atom. The second-order valence-corrected chi connectivity index (χ2v) is 4.24. The third kappa shape index (κ3) is 2.07. The molecular weight excluding hydrogens is 148 g/mol. The van der Waals surface area contributed by atoms with E-state index in [0.29, 0.717) is 0 Å². The highest BCUT2D eigenvalue weighted by Gasteiger charge is 2.24. The van der Waals surface area contributed by atoms with Gasteiger partial charge in [-0.15, -0.1) is 0 Å². The lowest BCUT2D eigenvalue weighted by Crippen LogP contribution is -2.22. The van der Waals surface area contributed by atoms with Gasteiger partial charge in [-0.25, -0.2) is 0 Å². The van der Waals surface area contributed by atoms with Gasteiger partial charge < -0.3 is 0 Å². The Balaban J connectivity index is 2.77. The monoisotopic (exact) mass is 164 g/mol. The highest BCUT2D eigenvalue weighted by atomic mass is 16.1. The predicted octanol–water partition coefficient (Wildman–Crippen LogP) is 2.88.